The highest BCUT2D eigenvalue weighted by Crippen LogP contribution is 2.18. The van der Waals surface area contributed by atoms with Crippen molar-refractivity contribution in [3.05, 3.63) is 0 Å². The Balaban J connectivity index is 2.42. The molecule has 3 nitrogen and oxygen atoms in total. The lowest BCUT2D eigenvalue weighted by Gasteiger charge is -2.21. The van der Waals surface area contributed by atoms with Gasteiger partial charge in [-0.1, -0.05) is 51.4 Å². The number of aliphatic hydroxyl groups is 1. The zero-order valence-electron chi connectivity index (χ0n) is 13.3. The minimum atomic E-state index is -0.553. The van der Waals surface area contributed by atoms with Gasteiger partial charge in [-0.25, -0.2) is 0 Å². The fourth-order valence-electron chi connectivity index (χ4n) is 2.79. The molecule has 118 valence electrons. The second kappa shape index (κ2) is 10.2. The normalized spacial score (nSPS) is 32.5. The zero-order valence-corrected chi connectivity index (χ0v) is 13.3. The van der Waals surface area contributed by atoms with E-state index in [0.717, 1.165) is 25.7 Å². The van der Waals surface area contributed by atoms with Gasteiger partial charge in [0.15, 0.2) is 0 Å². The van der Waals surface area contributed by atoms with Crippen molar-refractivity contribution >= 4 is 5.97 Å². The van der Waals surface area contributed by atoms with Crippen LogP contribution in [0.3, 0.4) is 0 Å². The number of cyclic esters (lactones) is 1. The van der Waals surface area contributed by atoms with Gasteiger partial charge in [0, 0.05) is 0 Å². The van der Waals surface area contributed by atoms with E-state index in [1.54, 1.807) is 6.92 Å². The summed E-state index contributed by atoms with van der Waals surface area (Å²) in [7, 11) is 0. The van der Waals surface area contributed by atoms with Gasteiger partial charge in [-0.05, 0) is 33.1 Å². The Morgan fingerprint density at radius 2 is 1.30 bits per heavy atom. The van der Waals surface area contributed by atoms with E-state index in [2.05, 4.69) is 0 Å². The molecule has 3 heteroatoms. The van der Waals surface area contributed by atoms with Crippen molar-refractivity contribution in [3.8, 4) is 0 Å². The van der Waals surface area contributed by atoms with E-state index in [-0.39, 0.29) is 12.1 Å². The monoisotopic (exact) mass is 284 g/mol. The molecule has 0 amide bonds. The smallest absolute Gasteiger partial charge is 0.311 e. The molecule has 0 aromatic rings. The highest BCUT2D eigenvalue weighted by molar-refractivity contribution is 5.72. The molecule has 1 aliphatic rings. The third-order valence-corrected chi connectivity index (χ3v) is 4.38. The van der Waals surface area contributed by atoms with Crippen molar-refractivity contribution in [2.24, 2.45) is 5.92 Å². The quantitative estimate of drug-likeness (QED) is 0.677. The first-order chi connectivity index (χ1) is 9.61. The molecule has 1 N–H and O–H groups in total. The van der Waals surface area contributed by atoms with E-state index in [0.29, 0.717) is 6.42 Å². The molecular formula is C17H32O3. The van der Waals surface area contributed by atoms with Gasteiger partial charge in [0.2, 0.25) is 0 Å². The van der Waals surface area contributed by atoms with Gasteiger partial charge in [0.1, 0.15) is 0 Å². The molecule has 0 aromatic heterocycles. The molecule has 0 aliphatic carbocycles. The number of carbonyl (C=O) groups excluding carboxylic acids is 1. The fraction of sp³-hybridized carbons (Fsp3) is 0.941. The lowest BCUT2D eigenvalue weighted by atomic mass is 9.98. The summed E-state index contributed by atoms with van der Waals surface area (Å²) in [6.45, 7) is 3.74. The summed E-state index contributed by atoms with van der Waals surface area (Å²) in [6.07, 6.45) is 12.1. The maximum atomic E-state index is 11.9. The second-order valence-corrected chi connectivity index (χ2v) is 6.36. The Kier molecular flexibility index (Phi) is 8.92. The summed E-state index contributed by atoms with van der Waals surface area (Å²) in [5.74, 6) is -0.637. The Morgan fingerprint density at radius 3 is 1.85 bits per heavy atom. The Bertz CT molecular complexity index is 265. The third kappa shape index (κ3) is 7.28. The van der Waals surface area contributed by atoms with Gasteiger partial charge in [-0.15, -0.1) is 0 Å². The molecule has 0 saturated carbocycles. The number of hydrogen-bond acceptors (Lipinski definition) is 3. The van der Waals surface area contributed by atoms with E-state index in [1.165, 1.54) is 38.5 Å². The van der Waals surface area contributed by atoms with Crippen LogP contribution in [0.15, 0.2) is 0 Å². The van der Waals surface area contributed by atoms with Crippen molar-refractivity contribution < 1.29 is 14.6 Å². The SMILES string of the molecule is CC1CCCCCCCCCCC[C@H](O)[C@H](C)C(=O)O1. The van der Waals surface area contributed by atoms with Crippen LogP contribution < -0.4 is 0 Å². The van der Waals surface area contributed by atoms with Gasteiger partial charge < -0.3 is 9.84 Å². The summed E-state index contributed by atoms with van der Waals surface area (Å²) in [6, 6.07) is 0. The summed E-state index contributed by atoms with van der Waals surface area (Å²) < 4.78 is 5.43. The molecule has 3 atom stereocenters. The Morgan fingerprint density at radius 1 is 0.850 bits per heavy atom. The number of rotatable bonds is 0. The third-order valence-electron chi connectivity index (χ3n) is 4.38. The van der Waals surface area contributed by atoms with E-state index in [9.17, 15) is 9.90 Å². The molecule has 1 saturated heterocycles. The fourth-order valence-corrected chi connectivity index (χ4v) is 2.79. The first-order valence-electron chi connectivity index (χ1n) is 8.50. The first-order valence-corrected chi connectivity index (χ1v) is 8.50. The highest BCUT2D eigenvalue weighted by Gasteiger charge is 2.24. The van der Waals surface area contributed by atoms with Crippen molar-refractivity contribution in [2.75, 3.05) is 0 Å². The molecule has 0 aromatic carbocycles. The number of esters is 1. The van der Waals surface area contributed by atoms with Crippen LogP contribution in [0.25, 0.3) is 0 Å². The van der Waals surface area contributed by atoms with Gasteiger partial charge in [0.25, 0.3) is 0 Å². The predicted molar refractivity (Wildman–Crippen MR) is 81.5 cm³/mol. The molecule has 0 spiro atoms. The minimum absolute atomic E-state index is 0.0231. The van der Waals surface area contributed by atoms with Gasteiger partial charge in [0.05, 0.1) is 18.1 Å². The van der Waals surface area contributed by atoms with Gasteiger partial charge >= 0.3 is 5.97 Å². The average Bonchev–Trinajstić information content (AvgIpc) is 2.42. The molecule has 1 aliphatic heterocycles. The van der Waals surface area contributed by atoms with Crippen molar-refractivity contribution in [3.63, 3.8) is 0 Å². The van der Waals surface area contributed by atoms with Gasteiger partial charge in [-0.3, -0.25) is 4.79 Å². The van der Waals surface area contributed by atoms with Crippen LogP contribution in [0, 0.1) is 5.92 Å². The number of carbonyl (C=O) groups is 1. The molecule has 0 bridgehead atoms. The zero-order chi connectivity index (χ0) is 14.8. The van der Waals surface area contributed by atoms with Crippen molar-refractivity contribution in [1.29, 1.82) is 0 Å². The first kappa shape index (κ1) is 17.5. The Labute approximate surface area is 124 Å². The largest absolute Gasteiger partial charge is 0.462 e. The molecular weight excluding hydrogens is 252 g/mol. The highest BCUT2D eigenvalue weighted by atomic mass is 16.5. The molecule has 0 radical (unpaired) electrons. The van der Waals surface area contributed by atoms with Crippen LogP contribution >= 0.6 is 0 Å². The van der Waals surface area contributed by atoms with Crippen LogP contribution in [0.1, 0.15) is 84.5 Å². The van der Waals surface area contributed by atoms with E-state index in [1.807, 2.05) is 6.92 Å². The minimum Gasteiger partial charge on any atom is -0.462 e. The molecule has 1 unspecified atom stereocenters. The molecule has 1 heterocycles. The lowest BCUT2D eigenvalue weighted by molar-refractivity contribution is -0.156. The van der Waals surface area contributed by atoms with Crippen molar-refractivity contribution in [2.45, 2.75) is 96.7 Å². The second-order valence-electron chi connectivity index (χ2n) is 6.36. The summed E-state index contributed by atoms with van der Waals surface area (Å²) in [4.78, 5) is 11.9. The summed E-state index contributed by atoms with van der Waals surface area (Å²) in [5.41, 5.74) is 0. The molecule has 20 heavy (non-hydrogen) atoms. The average molecular weight is 284 g/mol. The maximum absolute atomic E-state index is 11.9. The summed E-state index contributed by atoms with van der Waals surface area (Å²) >= 11 is 0. The Hall–Kier alpha value is -0.570. The van der Waals surface area contributed by atoms with Crippen LogP contribution in [-0.2, 0) is 9.53 Å². The maximum Gasteiger partial charge on any atom is 0.311 e. The van der Waals surface area contributed by atoms with Crippen LogP contribution in [0.4, 0.5) is 0 Å². The number of aliphatic hydroxyl groups excluding tert-OH is 1. The van der Waals surface area contributed by atoms with Crippen LogP contribution in [0.5, 0.6) is 0 Å². The van der Waals surface area contributed by atoms with Crippen LogP contribution in [0.2, 0.25) is 0 Å². The van der Waals surface area contributed by atoms with Gasteiger partial charge in [-0.2, -0.15) is 0 Å². The number of hydrogen-bond donors (Lipinski definition) is 1. The lowest BCUT2D eigenvalue weighted by Crippen LogP contribution is -2.29. The summed E-state index contributed by atoms with van der Waals surface area (Å²) in [5, 5.41) is 10.0. The number of ether oxygens (including phenoxy) is 1. The predicted octanol–water partition coefficient (Wildman–Crippen LogP) is 4.22. The van der Waals surface area contributed by atoms with E-state index >= 15 is 0 Å². The standard InChI is InChI=1S/C17H32O3/c1-14-12-10-8-6-4-3-5-7-9-11-13-16(18)15(2)17(19)20-14/h14-16,18H,3-13H2,1-2H3/t14?,15-,16-/m0/s1. The van der Waals surface area contributed by atoms with E-state index < -0.39 is 12.0 Å². The molecule has 1 fully saturated rings. The molecule has 1 rings (SSSR count). The van der Waals surface area contributed by atoms with Crippen LogP contribution in [-0.4, -0.2) is 23.3 Å². The topological polar surface area (TPSA) is 46.5 Å². The van der Waals surface area contributed by atoms with Crippen molar-refractivity contribution in [1.82, 2.24) is 0 Å². The van der Waals surface area contributed by atoms with E-state index in [4.69, 9.17) is 4.74 Å².